The Bertz CT molecular complexity index is 601. The summed E-state index contributed by atoms with van der Waals surface area (Å²) in [6.45, 7) is 5.38. The number of para-hydroxylation sites is 1. The Kier molecular flexibility index (Phi) is 3.55. The fraction of sp³-hybridized carbons (Fsp3) is 0.588. The smallest absolute Gasteiger partial charge is 0.0721 e. The van der Waals surface area contributed by atoms with Crippen molar-refractivity contribution in [3.63, 3.8) is 0 Å². The Morgan fingerprint density at radius 1 is 1.40 bits per heavy atom. The zero-order valence-corrected chi connectivity index (χ0v) is 12.6. The molecule has 0 bridgehead atoms. The highest BCUT2D eigenvalue weighted by Gasteiger charge is 2.32. The second kappa shape index (κ2) is 5.21. The monoisotopic (exact) mass is 271 g/mol. The number of nitrogens with zero attached hydrogens (tertiary/aromatic N) is 2. The van der Waals surface area contributed by atoms with Gasteiger partial charge in [0.1, 0.15) is 0 Å². The first-order valence-electron chi connectivity index (χ1n) is 7.84. The zero-order chi connectivity index (χ0) is 14.2. The third-order valence-electron chi connectivity index (χ3n) is 4.68. The Labute approximate surface area is 121 Å². The van der Waals surface area contributed by atoms with Crippen LogP contribution in [-0.2, 0) is 13.0 Å². The third-order valence-corrected chi connectivity index (χ3v) is 4.68. The van der Waals surface area contributed by atoms with E-state index in [0.717, 1.165) is 31.7 Å². The molecule has 1 aliphatic rings. The third kappa shape index (κ3) is 2.47. The van der Waals surface area contributed by atoms with E-state index in [2.05, 4.69) is 42.8 Å². The lowest BCUT2D eigenvalue weighted by atomic mass is 9.74. The molecule has 0 spiro atoms. The van der Waals surface area contributed by atoms with Crippen LogP contribution in [0.4, 0.5) is 0 Å². The lowest BCUT2D eigenvalue weighted by molar-refractivity contribution is 0.234. The number of nitrogens with two attached hydrogens (primary N) is 1. The zero-order valence-electron chi connectivity index (χ0n) is 12.6. The molecule has 1 saturated carbocycles. The standard InChI is InChI=1S/C17H25N3/c1-3-20-16-9-5-4-8-14(16)15(19-20)12-17(18)10-6-7-13(2)11-17/h4-5,8-9,13H,3,6-7,10-12,18H2,1-2H3. The molecule has 2 aromatic rings. The molecule has 2 atom stereocenters. The van der Waals surface area contributed by atoms with Gasteiger partial charge in [0.05, 0.1) is 11.2 Å². The summed E-state index contributed by atoms with van der Waals surface area (Å²) in [6, 6.07) is 8.52. The van der Waals surface area contributed by atoms with Gasteiger partial charge in [-0.3, -0.25) is 4.68 Å². The molecule has 0 saturated heterocycles. The molecule has 3 nitrogen and oxygen atoms in total. The summed E-state index contributed by atoms with van der Waals surface area (Å²) >= 11 is 0. The van der Waals surface area contributed by atoms with Crippen LogP contribution in [-0.4, -0.2) is 15.3 Å². The molecule has 1 aliphatic carbocycles. The average Bonchev–Trinajstić information content (AvgIpc) is 2.76. The summed E-state index contributed by atoms with van der Waals surface area (Å²) in [5, 5.41) is 6.08. The van der Waals surface area contributed by atoms with E-state index >= 15 is 0 Å². The Balaban J connectivity index is 1.94. The highest BCUT2D eigenvalue weighted by Crippen LogP contribution is 2.34. The number of hydrogen-bond donors (Lipinski definition) is 1. The van der Waals surface area contributed by atoms with Gasteiger partial charge < -0.3 is 5.73 Å². The molecule has 0 amide bonds. The summed E-state index contributed by atoms with van der Waals surface area (Å²) in [5.74, 6) is 0.744. The predicted molar refractivity (Wildman–Crippen MR) is 83.7 cm³/mol. The predicted octanol–water partition coefficient (Wildman–Crippen LogP) is 3.51. The van der Waals surface area contributed by atoms with Gasteiger partial charge in [-0.2, -0.15) is 5.10 Å². The quantitative estimate of drug-likeness (QED) is 0.928. The van der Waals surface area contributed by atoms with Crippen LogP contribution < -0.4 is 5.73 Å². The second-order valence-corrected chi connectivity index (χ2v) is 6.52. The second-order valence-electron chi connectivity index (χ2n) is 6.52. The highest BCUT2D eigenvalue weighted by molar-refractivity contribution is 5.82. The first kappa shape index (κ1) is 13.6. The number of benzene rings is 1. The van der Waals surface area contributed by atoms with E-state index < -0.39 is 0 Å². The van der Waals surface area contributed by atoms with Crippen LogP contribution in [0.5, 0.6) is 0 Å². The van der Waals surface area contributed by atoms with Gasteiger partial charge in [-0.05, 0) is 31.7 Å². The van der Waals surface area contributed by atoms with Crippen LogP contribution in [0.2, 0.25) is 0 Å². The van der Waals surface area contributed by atoms with Gasteiger partial charge >= 0.3 is 0 Å². The molecular weight excluding hydrogens is 246 g/mol. The van der Waals surface area contributed by atoms with Crippen LogP contribution in [0, 0.1) is 5.92 Å². The molecule has 2 N–H and O–H groups in total. The van der Waals surface area contributed by atoms with Crippen LogP contribution in [0.1, 0.15) is 45.2 Å². The van der Waals surface area contributed by atoms with Crippen molar-refractivity contribution in [3.8, 4) is 0 Å². The molecule has 3 heteroatoms. The highest BCUT2D eigenvalue weighted by atomic mass is 15.3. The van der Waals surface area contributed by atoms with E-state index in [1.165, 1.54) is 29.4 Å². The van der Waals surface area contributed by atoms with Crippen molar-refractivity contribution in [1.82, 2.24) is 9.78 Å². The molecule has 1 fully saturated rings. The molecular formula is C17H25N3. The topological polar surface area (TPSA) is 43.8 Å². The molecule has 1 heterocycles. The van der Waals surface area contributed by atoms with Crippen molar-refractivity contribution in [2.45, 2.75) is 58.0 Å². The molecule has 2 unspecified atom stereocenters. The van der Waals surface area contributed by atoms with Gasteiger partial charge in [0.25, 0.3) is 0 Å². The maximum absolute atomic E-state index is 6.67. The number of rotatable bonds is 3. The van der Waals surface area contributed by atoms with Crippen molar-refractivity contribution in [1.29, 1.82) is 0 Å². The van der Waals surface area contributed by atoms with E-state index in [-0.39, 0.29) is 5.54 Å². The van der Waals surface area contributed by atoms with Gasteiger partial charge in [0.15, 0.2) is 0 Å². The summed E-state index contributed by atoms with van der Waals surface area (Å²) in [6.07, 6.45) is 5.74. The van der Waals surface area contributed by atoms with Crippen molar-refractivity contribution >= 4 is 10.9 Å². The number of aromatic nitrogens is 2. The first-order chi connectivity index (χ1) is 9.61. The van der Waals surface area contributed by atoms with Crippen molar-refractivity contribution in [2.24, 2.45) is 11.7 Å². The average molecular weight is 271 g/mol. The SMILES string of the molecule is CCn1nc(CC2(N)CCCC(C)C2)c2ccccc21. The number of hydrogen-bond acceptors (Lipinski definition) is 2. The van der Waals surface area contributed by atoms with Gasteiger partial charge in [0, 0.05) is 23.9 Å². The minimum absolute atomic E-state index is 0.0621. The lowest BCUT2D eigenvalue weighted by Crippen LogP contribution is -2.46. The summed E-state index contributed by atoms with van der Waals surface area (Å²) < 4.78 is 2.10. The van der Waals surface area contributed by atoms with Gasteiger partial charge in [-0.25, -0.2) is 0 Å². The molecule has 1 aromatic carbocycles. The fourth-order valence-corrected chi connectivity index (χ4v) is 3.76. The molecule has 20 heavy (non-hydrogen) atoms. The molecule has 1 aromatic heterocycles. The van der Waals surface area contributed by atoms with E-state index in [9.17, 15) is 0 Å². The molecule has 0 aliphatic heterocycles. The molecule has 0 radical (unpaired) electrons. The van der Waals surface area contributed by atoms with Crippen molar-refractivity contribution < 1.29 is 0 Å². The summed E-state index contributed by atoms with van der Waals surface area (Å²) in [7, 11) is 0. The Morgan fingerprint density at radius 3 is 2.95 bits per heavy atom. The fourth-order valence-electron chi connectivity index (χ4n) is 3.76. The van der Waals surface area contributed by atoms with E-state index in [1.807, 2.05) is 0 Å². The first-order valence-corrected chi connectivity index (χ1v) is 7.84. The Hall–Kier alpha value is -1.35. The normalized spacial score (nSPS) is 27.1. The van der Waals surface area contributed by atoms with Gasteiger partial charge in [-0.15, -0.1) is 0 Å². The van der Waals surface area contributed by atoms with E-state index in [0.29, 0.717) is 0 Å². The Morgan fingerprint density at radius 2 is 2.20 bits per heavy atom. The minimum Gasteiger partial charge on any atom is -0.325 e. The van der Waals surface area contributed by atoms with E-state index in [4.69, 9.17) is 10.8 Å². The van der Waals surface area contributed by atoms with Gasteiger partial charge in [-0.1, -0.05) is 38.0 Å². The number of aryl methyl sites for hydroxylation is 1. The maximum atomic E-state index is 6.67. The van der Waals surface area contributed by atoms with Crippen LogP contribution >= 0.6 is 0 Å². The lowest BCUT2D eigenvalue weighted by Gasteiger charge is -2.36. The minimum atomic E-state index is -0.0621. The van der Waals surface area contributed by atoms with Crippen LogP contribution in [0.15, 0.2) is 24.3 Å². The largest absolute Gasteiger partial charge is 0.325 e. The number of fused-ring (bicyclic) bond motifs is 1. The van der Waals surface area contributed by atoms with E-state index in [1.54, 1.807) is 0 Å². The molecule has 108 valence electrons. The summed E-state index contributed by atoms with van der Waals surface area (Å²) in [5.41, 5.74) is 9.03. The summed E-state index contributed by atoms with van der Waals surface area (Å²) in [4.78, 5) is 0. The molecule has 3 rings (SSSR count). The van der Waals surface area contributed by atoms with Crippen molar-refractivity contribution in [2.75, 3.05) is 0 Å². The van der Waals surface area contributed by atoms with Crippen LogP contribution in [0.25, 0.3) is 10.9 Å². The maximum Gasteiger partial charge on any atom is 0.0721 e. The van der Waals surface area contributed by atoms with Crippen molar-refractivity contribution in [3.05, 3.63) is 30.0 Å². The van der Waals surface area contributed by atoms with Gasteiger partial charge in [0.2, 0.25) is 0 Å². The van der Waals surface area contributed by atoms with Crippen LogP contribution in [0.3, 0.4) is 0 Å².